The Morgan fingerprint density at radius 3 is 2.70 bits per heavy atom. The van der Waals surface area contributed by atoms with Gasteiger partial charge in [-0.15, -0.1) is 0 Å². The van der Waals surface area contributed by atoms with Gasteiger partial charge in [-0.1, -0.05) is 27.5 Å². The van der Waals surface area contributed by atoms with Crippen molar-refractivity contribution in [1.29, 1.82) is 0 Å². The molecule has 1 aliphatic heterocycles. The lowest BCUT2D eigenvalue weighted by Gasteiger charge is -2.21. The molecule has 1 aromatic rings. The van der Waals surface area contributed by atoms with E-state index in [2.05, 4.69) is 25.9 Å². The fraction of sp³-hybridized carbons (Fsp3) is 0.727. The first kappa shape index (κ1) is 16.2. The van der Waals surface area contributed by atoms with Gasteiger partial charge in [-0.2, -0.15) is 9.40 Å². The zero-order chi connectivity index (χ0) is 14.8. The van der Waals surface area contributed by atoms with Gasteiger partial charge in [0, 0.05) is 38.6 Å². The predicted molar refractivity (Wildman–Crippen MR) is 81.8 cm³/mol. The smallest absolute Gasteiger partial charge is 0.261 e. The summed E-state index contributed by atoms with van der Waals surface area (Å²) in [5.74, 6) is 0. The summed E-state index contributed by atoms with van der Waals surface area (Å²) < 4.78 is 28.1. The van der Waals surface area contributed by atoms with Crippen LogP contribution < -0.4 is 0 Å². The fourth-order valence-electron chi connectivity index (χ4n) is 2.34. The molecule has 0 unspecified atom stereocenters. The Morgan fingerprint density at radius 2 is 2.10 bits per heavy atom. The molecule has 0 aliphatic carbocycles. The number of nitrogens with zero attached hydrogens (tertiary/aromatic N) is 4. The van der Waals surface area contributed by atoms with Crippen LogP contribution in [0.1, 0.15) is 6.42 Å². The molecule has 0 spiro atoms. The van der Waals surface area contributed by atoms with E-state index < -0.39 is 10.0 Å². The molecule has 114 valence electrons. The van der Waals surface area contributed by atoms with Gasteiger partial charge in [0.05, 0.1) is 11.2 Å². The average molecular weight is 386 g/mol. The molecular weight excluding hydrogens is 368 g/mol. The highest BCUT2D eigenvalue weighted by atomic mass is 79.9. The second-order valence-corrected chi connectivity index (χ2v) is 7.76. The molecule has 1 saturated heterocycles. The molecule has 9 heteroatoms. The van der Waals surface area contributed by atoms with Gasteiger partial charge in [0.25, 0.3) is 10.0 Å². The van der Waals surface area contributed by atoms with Crippen LogP contribution in [0, 0.1) is 0 Å². The van der Waals surface area contributed by atoms with Crippen LogP contribution in [-0.2, 0) is 17.1 Å². The Bertz CT molecular complexity index is 543. The number of hydrogen-bond donors (Lipinski definition) is 0. The number of rotatable bonds is 4. The second-order valence-electron chi connectivity index (χ2n) is 4.71. The highest BCUT2D eigenvalue weighted by molar-refractivity contribution is 9.09. The maximum absolute atomic E-state index is 12.7. The monoisotopic (exact) mass is 384 g/mol. The van der Waals surface area contributed by atoms with Crippen molar-refractivity contribution in [1.82, 2.24) is 19.0 Å². The number of sulfonamides is 1. The minimum absolute atomic E-state index is 0.0770. The van der Waals surface area contributed by atoms with Crippen LogP contribution in [-0.4, -0.2) is 65.5 Å². The third kappa shape index (κ3) is 3.36. The Hall–Kier alpha value is -0.150. The molecular formula is C11H18BrClN4O2S. The summed E-state index contributed by atoms with van der Waals surface area (Å²) in [6, 6.07) is 0. The Morgan fingerprint density at radius 1 is 1.35 bits per heavy atom. The van der Waals surface area contributed by atoms with Crippen molar-refractivity contribution in [3.63, 3.8) is 0 Å². The van der Waals surface area contributed by atoms with Gasteiger partial charge < -0.3 is 4.90 Å². The van der Waals surface area contributed by atoms with Gasteiger partial charge >= 0.3 is 0 Å². The molecule has 0 N–H and O–H groups in total. The zero-order valence-electron chi connectivity index (χ0n) is 11.3. The number of aryl methyl sites for hydroxylation is 1. The van der Waals surface area contributed by atoms with Crippen molar-refractivity contribution in [3.05, 3.63) is 11.2 Å². The van der Waals surface area contributed by atoms with E-state index in [4.69, 9.17) is 11.6 Å². The summed E-state index contributed by atoms with van der Waals surface area (Å²) in [5, 5.41) is 5.06. The van der Waals surface area contributed by atoms with E-state index in [-0.39, 0.29) is 10.0 Å². The van der Waals surface area contributed by atoms with Crippen molar-refractivity contribution in [2.75, 3.05) is 38.1 Å². The van der Waals surface area contributed by atoms with Crippen molar-refractivity contribution in [2.45, 2.75) is 11.4 Å². The first-order chi connectivity index (χ1) is 9.46. The average Bonchev–Trinajstić information content (AvgIpc) is 2.62. The molecule has 0 radical (unpaired) electrons. The van der Waals surface area contributed by atoms with Crippen LogP contribution in [0.3, 0.4) is 0 Å². The van der Waals surface area contributed by atoms with Gasteiger partial charge in [-0.3, -0.25) is 4.68 Å². The number of halogens is 2. The lowest BCUT2D eigenvalue weighted by molar-refractivity contribution is 0.304. The Balaban J connectivity index is 2.18. The van der Waals surface area contributed by atoms with E-state index >= 15 is 0 Å². The molecule has 0 bridgehead atoms. The lowest BCUT2D eigenvalue weighted by Crippen LogP contribution is -2.36. The maximum atomic E-state index is 12.7. The SMILES string of the molecule is Cn1ncc(Cl)c1S(=O)(=O)N1CCCN(CCBr)CC1. The first-order valence-electron chi connectivity index (χ1n) is 6.43. The van der Waals surface area contributed by atoms with Gasteiger partial charge in [-0.25, -0.2) is 8.42 Å². The molecule has 2 heterocycles. The highest BCUT2D eigenvalue weighted by Crippen LogP contribution is 2.24. The van der Waals surface area contributed by atoms with Gasteiger partial charge in [-0.05, 0) is 13.0 Å². The molecule has 1 aliphatic rings. The third-order valence-corrected chi connectivity index (χ3v) is 6.14. The van der Waals surface area contributed by atoms with Crippen LogP contribution in [0.2, 0.25) is 5.02 Å². The molecule has 0 saturated carbocycles. The quantitative estimate of drug-likeness (QED) is 0.730. The van der Waals surface area contributed by atoms with E-state index in [1.165, 1.54) is 15.2 Å². The number of aromatic nitrogens is 2. The summed E-state index contributed by atoms with van der Waals surface area (Å²) in [7, 11) is -1.99. The van der Waals surface area contributed by atoms with Crippen molar-refractivity contribution in [3.8, 4) is 0 Å². The third-order valence-electron chi connectivity index (χ3n) is 3.37. The van der Waals surface area contributed by atoms with Gasteiger partial charge in [0.2, 0.25) is 0 Å². The Kier molecular flexibility index (Phi) is 5.47. The standard InChI is InChI=1S/C11H18BrClN4O2S/c1-15-11(10(13)9-14-15)20(18,19)17-5-2-4-16(6-3-12)7-8-17/h9H,2-8H2,1H3. The lowest BCUT2D eigenvalue weighted by atomic mass is 10.4. The summed E-state index contributed by atoms with van der Waals surface area (Å²) in [6.07, 6.45) is 2.19. The summed E-state index contributed by atoms with van der Waals surface area (Å²) >= 11 is 9.38. The predicted octanol–water partition coefficient (Wildman–Crippen LogP) is 1.16. The normalized spacial score (nSPS) is 19.1. The van der Waals surface area contributed by atoms with Crippen molar-refractivity contribution in [2.24, 2.45) is 7.05 Å². The minimum atomic E-state index is -3.58. The highest BCUT2D eigenvalue weighted by Gasteiger charge is 2.31. The molecule has 0 aromatic carbocycles. The Labute approximate surface area is 132 Å². The van der Waals surface area contributed by atoms with E-state index in [0.717, 1.165) is 31.4 Å². The summed E-state index contributed by atoms with van der Waals surface area (Å²) in [6.45, 7) is 3.58. The molecule has 6 nitrogen and oxygen atoms in total. The molecule has 1 aromatic heterocycles. The molecule has 0 atom stereocenters. The largest absolute Gasteiger partial charge is 0.301 e. The summed E-state index contributed by atoms with van der Waals surface area (Å²) in [5.41, 5.74) is 0. The van der Waals surface area contributed by atoms with Crippen LogP contribution in [0.15, 0.2) is 11.2 Å². The molecule has 20 heavy (non-hydrogen) atoms. The van der Waals surface area contributed by atoms with Gasteiger partial charge in [0.1, 0.15) is 0 Å². The van der Waals surface area contributed by atoms with Crippen LogP contribution >= 0.6 is 27.5 Å². The second kappa shape index (κ2) is 6.74. The van der Waals surface area contributed by atoms with E-state index in [1.54, 1.807) is 7.05 Å². The summed E-state index contributed by atoms with van der Waals surface area (Å²) in [4.78, 5) is 2.26. The number of alkyl halides is 1. The zero-order valence-corrected chi connectivity index (χ0v) is 14.5. The first-order valence-corrected chi connectivity index (χ1v) is 9.36. The molecule has 2 rings (SSSR count). The van der Waals surface area contributed by atoms with Crippen LogP contribution in [0.5, 0.6) is 0 Å². The van der Waals surface area contributed by atoms with E-state index in [9.17, 15) is 8.42 Å². The van der Waals surface area contributed by atoms with Crippen LogP contribution in [0.4, 0.5) is 0 Å². The van der Waals surface area contributed by atoms with Crippen molar-refractivity contribution < 1.29 is 8.42 Å². The van der Waals surface area contributed by atoms with E-state index in [1.807, 2.05) is 0 Å². The minimum Gasteiger partial charge on any atom is -0.301 e. The van der Waals surface area contributed by atoms with Crippen molar-refractivity contribution >= 4 is 37.6 Å². The van der Waals surface area contributed by atoms with Crippen LogP contribution in [0.25, 0.3) is 0 Å². The fourth-order valence-corrected chi connectivity index (χ4v) is 4.92. The molecule has 1 fully saturated rings. The van der Waals surface area contributed by atoms with Gasteiger partial charge in [0.15, 0.2) is 5.03 Å². The molecule has 0 amide bonds. The maximum Gasteiger partial charge on any atom is 0.261 e. The number of hydrogen-bond acceptors (Lipinski definition) is 4. The van der Waals surface area contributed by atoms with E-state index in [0.29, 0.717) is 13.1 Å². The topological polar surface area (TPSA) is 58.4 Å².